The van der Waals surface area contributed by atoms with E-state index < -0.39 is 24.0 Å². The van der Waals surface area contributed by atoms with Crippen molar-refractivity contribution >= 4 is 40.5 Å². The second-order valence-electron chi connectivity index (χ2n) is 19.8. The van der Waals surface area contributed by atoms with Crippen molar-refractivity contribution in [1.82, 2.24) is 20.4 Å². The molecule has 13 nitrogen and oxygen atoms in total. The number of carbonyl (C=O) groups excluding carboxylic acids is 3. The summed E-state index contributed by atoms with van der Waals surface area (Å²) < 4.78 is 22.5. The fraction of sp³-hybridized carbons (Fsp3) is 0.558. The summed E-state index contributed by atoms with van der Waals surface area (Å²) in [5.41, 5.74) is 12.4. The van der Waals surface area contributed by atoms with Crippen LogP contribution in [-0.2, 0) is 40.4 Å². The topological polar surface area (TPSA) is 143 Å². The first-order chi connectivity index (χ1) is 31.3. The van der Waals surface area contributed by atoms with Crippen LogP contribution in [0.1, 0.15) is 114 Å². The van der Waals surface area contributed by atoms with Gasteiger partial charge in [0.1, 0.15) is 12.1 Å². The highest BCUT2D eigenvalue weighted by Crippen LogP contribution is 2.55. The van der Waals surface area contributed by atoms with Crippen LogP contribution in [0.15, 0.2) is 71.2 Å². The smallest absolute Gasteiger partial charge is 0.407 e. The molecule has 13 heteroatoms. The third-order valence-electron chi connectivity index (χ3n) is 15.3. The van der Waals surface area contributed by atoms with E-state index in [0.717, 1.165) is 41.8 Å². The molecule has 2 aliphatic carbocycles. The molecule has 0 aromatic heterocycles. The SMILES string of the molecule is C=C(N[C@H](C(=O)N1CC2(C[C@H]1C1=NC=C(c3ccc(-c4ccc(C5=CN=C([C@@H]6CCCN6C(=O)[C@@H](NC(=O)OC)C(C)C)C5)c5c4C4(CCCC4)CC5)cc3)C1)OCCO2)C(C)C)OC. The van der Waals surface area contributed by atoms with Gasteiger partial charge in [-0.25, -0.2) is 4.79 Å². The van der Waals surface area contributed by atoms with Gasteiger partial charge in [0.2, 0.25) is 11.8 Å². The number of allylic oxidation sites excluding steroid dienone is 2. The molecule has 9 rings (SSSR count). The van der Waals surface area contributed by atoms with Gasteiger partial charge in [-0.2, -0.15) is 0 Å². The molecule has 5 heterocycles. The lowest BCUT2D eigenvalue weighted by molar-refractivity contribution is -0.153. The summed E-state index contributed by atoms with van der Waals surface area (Å²) in [5.74, 6) is -0.689. The third-order valence-corrected chi connectivity index (χ3v) is 15.3. The van der Waals surface area contributed by atoms with Crippen molar-refractivity contribution in [1.29, 1.82) is 0 Å². The molecule has 0 unspecified atom stereocenters. The van der Waals surface area contributed by atoms with Crippen molar-refractivity contribution in [3.05, 3.63) is 83.5 Å². The average molecular weight is 887 g/mol. The first-order valence-electron chi connectivity index (χ1n) is 23.9. The van der Waals surface area contributed by atoms with E-state index in [4.69, 9.17) is 28.9 Å². The van der Waals surface area contributed by atoms with Gasteiger partial charge in [-0.1, -0.05) is 76.9 Å². The standard InChI is InChI=1S/C52H66N6O7/c1-31(2)46(55-33(5)62-6)49(60)58-30-52(64-23-24-65-52)27-44(58)42-25-36(28-53-42)34-12-14-35(15-13-34)39-17-16-38(40-18-21-51(45(39)40)19-8-9-20-51)37-26-41(54-29-37)43-11-10-22-57(43)48(59)47(32(3)4)56-50(61)63-7/h12-17,28-29,31-32,43-44,46-47,55H,5,8-11,18-27,30H2,1-4,6-7H3,(H,56,61)/t43-,44-,46-,47-/m0/s1. The highest BCUT2D eigenvalue weighted by molar-refractivity contribution is 6.05. The lowest BCUT2D eigenvalue weighted by atomic mass is 9.76. The summed E-state index contributed by atoms with van der Waals surface area (Å²) >= 11 is 0. The van der Waals surface area contributed by atoms with E-state index in [1.807, 2.05) is 49.9 Å². The van der Waals surface area contributed by atoms with Crippen LogP contribution in [0.4, 0.5) is 4.79 Å². The first-order valence-corrected chi connectivity index (χ1v) is 23.9. The van der Waals surface area contributed by atoms with E-state index in [0.29, 0.717) is 51.4 Å². The largest absolute Gasteiger partial charge is 0.483 e. The highest BCUT2D eigenvalue weighted by atomic mass is 16.7. The lowest BCUT2D eigenvalue weighted by Crippen LogP contribution is -2.53. The van der Waals surface area contributed by atoms with E-state index in [9.17, 15) is 14.4 Å². The molecule has 2 aromatic carbocycles. The minimum atomic E-state index is -0.830. The molecule has 0 radical (unpaired) electrons. The summed E-state index contributed by atoms with van der Waals surface area (Å²) in [6, 6.07) is 12.1. The molecule has 2 aromatic rings. The molecule has 4 atom stereocenters. The molecule has 1 saturated carbocycles. The zero-order valence-electron chi connectivity index (χ0n) is 39.0. The van der Waals surface area contributed by atoms with Crippen LogP contribution in [0, 0.1) is 11.8 Å². The number of aliphatic imine (C=N–C) groups is 2. The maximum absolute atomic E-state index is 14.3. The molecule has 65 heavy (non-hydrogen) atoms. The zero-order chi connectivity index (χ0) is 45.6. The Morgan fingerprint density at radius 3 is 2.05 bits per heavy atom. The highest BCUT2D eigenvalue weighted by Gasteiger charge is 2.53. The van der Waals surface area contributed by atoms with Gasteiger partial charge in [0.05, 0.1) is 46.1 Å². The summed E-state index contributed by atoms with van der Waals surface area (Å²) in [7, 11) is 2.87. The van der Waals surface area contributed by atoms with Gasteiger partial charge in [-0.15, -0.1) is 0 Å². The van der Waals surface area contributed by atoms with Gasteiger partial charge in [0.25, 0.3) is 0 Å². The number of carbonyl (C=O) groups is 3. The maximum atomic E-state index is 14.3. The zero-order valence-corrected chi connectivity index (χ0v) is 39.0. The van der Waals surface area contributed by atoms with Crippen molar-refractivity contribution in [3.8, 4) is 11.1 Å². The Bertz CT molecular complexity index is 2330. The minimum Gasteiger partial charge on any atom is -0.483 e. The molecule has 2 N–H and O–H groups in total. The van der Waals surface area contributed by atoms with E-state index in [2.05, 4.69) is 53.6 Å². The number of likely N-dealkylation sites (tertiary alicyclic amines) is 2. The second-order valence-corrected chi connectivity index (χ2v) is 19.8. The normalized spacial score (nSPS) is 23.8. The van der Waals surface area contributed by atoms with Crippen LogP contribution in [-0.4, -0.2) is 110 Å². The lowest BCUT2D eigenvalue weighted by Gasteiger charge is -2.31. The Hall–Kier alpha value is -5.27. The molecule has 3 saturated heterocycles. The number of rotatable bonds is 13. The average Bonchev–Trinajstić information content (AvgIpc) is 4.18. The molecular weight excluding hydrogens is 821 g/mol. The van der Waals surface area contributed by atoms with Crippen molar-refractivity contribution in [3.63, 3.8) is 0 Å². The van der Waals surface area contributed by atoms with Crippen LogP contribution in [0.5, 0.6) is 0 Å². The predicted octanol–water partition coefficient (Wildman–Crippen LogP) is 7.93. The maximum Gasteiger partial charge on any atom is 0.407 e. The van der Waals surface area contributed by atoms with Gasteiger partial charge < -0.3 is 39.4 Å². The van der Waals surface area contributed by atoms with Crippen molar-refractivity contribution in [2.45, 2.75) is 134 Å². The van der Waals surface area contributed by atoms with Crippen molar-refractivity contribution < 1.29 is 33.3 Å². The quantitative estimate of drug-likeness (QED) is 0.193. The summed E-state index contributed by atoms with van der Waals surface area (Å²) in [5, 5.41) is 5.96. The van der Waals surface area contributed by atoms with Crippen LogP contribution in [0.25, 0.3) is 22.3 Å². The van der Waals surface area contributed by atoms with E-state index in [1.54, 1.807) is 7.11 Å². The fourth-order valence-corrected chi connectivity index (χ4v) is 11.9. The number of nitrogens with one attached hydrogen (secondary N) is 2. The minimum absolute atomic E-state index is 0.00754. The predicted molar refractivity (Wildman–Crippen MR) is 252 cm³/mol. The van der Waals surface area contributed by atoms with Gasteiger partial charge in [0, 0.05) is 49.6 Å². The summed E-state index contributed by atoms with van der Waals surface area (Å²) in [4.78, 5) is 54.1. The summed E-state index contributed by atoms with van der Waals surface area (Å²) in [6.45, 7) is 13.8. The number of benzene rings is 2. The van der Waals surface area contributed by atoms with Crippen LogP contribution < -0.4 is 10.6 Å². The monoisotopic (exact) mass is 886 g/mol. The molecule has 2 spiro atoms. The Labute approximate surface area is 383 Å². The first kappa shape index (κ1) is 44.9. The van der Waals surface area contributed by atoms with Gasteiger partial charge in [0.15, 0.2) is 11.7 Å². The second kappa shape index (κ2) is 18.2. The molecule has 4 fully saturated rings. The Balaban J connectivity index is 0.922. The molecule has 7 aliphatic rings. The Morgan fingerprint density at radius 2 is 1.37 bits per heavy atom. The van der Waals surface area contributed by atoms with E-state index in [-0.39, 0.29) is 41.1 Å². The van der Waals surface area contributed by atoms with Crippen molar-refractivity contribution in [2.75, 3.05) is 40.5 Å². The number of hydrogen-bond donors (Lipinski definition) is 2. The number of fused-ring (bicyclic) bond motifs is 2. The number of hydrogen-bond acceptors (Lipinski definition) is 10. The van der Waals surface area contributed by atoms with E-state index >= 15 is 0 Å². The number of methoxy groups -OCH3 is 2. The fourth-order valence-electron chi connectivity index (χ4n) is 11.9. The molecule has 3 amide bonds. The number of nitrogens with zero attached hydrogens (tertiary/aromatic N) is 4. The summed E-state index contributed by atoms with van der Waals surface area (Å²) in [6.07, 6.45) is 14.2. The Kier molecular flexibility index (Phi) is 12.6. The molecule has 346 valence electrons. The third kappa shape index (κ3) is 8.43. The molecule has 5 aliphatic heterocycles. The van der Waals surface area contributed by atoms with Gasteiger partial charge >= 0.3 is 6.09 Å². The van der Waals surface area contributed by atoms with Gasteiger partial charge in [-0.3, -0.25) is 19.6 Å². The van der Waals surface area contributed by atoms with Crippen LogP contribution in [0.2, 0.25) is 0 Å². The molecular formula is C52H66N6O7. The van der Waals surface area contributed by atoms with Gasteiger partial charge in [-0.05, 0) is 107 Å². The number of amides is 3. The Morgan fingerprint density at radius 1 is 0.754 bits per heavy atom. The van der Waals surface area contributed by atoms with Crippen molar-refractivity contribution in [2.24, 2.45) is 21.8 Å². The number of alkyl carbamates (subject to hydrolysis) is 1. The van der Waals surface area contributed by atoms with Crippen LogP contribution >= 0.6 is 0 Å². The van der Waals surface area contributed by atoms with Crippen LogP contribution in [0.3, 0.4) is 0 Å². The molecule has 0 bridgehead atoms. The number of ether oxygens (including phenoxy) is 4. The van der Waals surface area contributed by atoms with E-state index in [1.165, 1.54) is 72.6 Å².